The Labute approximate surface area is 265 Å². The van der Waals surface area contributed by atoms with Gasteiger partial charge in [-0.2, -0.15) is 0 Å². The maximum absolute atomic E-state index is 13.2. The van der Waals surface area contributed by atoms with Crippen molar-refractivity contribution in [3.05, 3.63) is 61.2 Å². The molecule has 2 saturated heterocycles. The van der Waals surface area contributed by atoms with Crippen LogP contribution in [-0.2, 0) is 30.3 Å². The summed E-state index contributed by atoms with van der Waals surface area (Å²) in [6, 6.07) is 12.1. The third-order valence-electron chi connectivity index (χ3n) is 7.33. The number of likely N-dealkylation sites (N-methyl/N-ethyl adjacent to an activating group) is 1. The first-order valence-electron chi connectivity index (χ1n) is 14.3. The van der Waals surface area contributed by atoms with Crippen molar-refractivity contribution in [2.75, 3.05) is 28.6 Å². The van der Waals surface area contributed by atoms with E-state index in [1.165, 1.54) is 19.8 Å². The molecule has 0 aliphatic carbocycles. The Morgan fingerprint density at radius 2 is 1.80 bits per heavy atom. The van der Waals surface area contributed by atoms with E-state index < -0.39 is 47.6 Å². The van der Waals surface area contributed by atoms with Crippen LogP contribution >= 0.6 is 0 Å². The molecule has 5 atom stereocenters. The monoisotopic (exact) mass is 651 g/mol. The van der Waals surface area contributed by atoms with Crippen molar-refractivity contribution >= 4 is 57.2 Å². The number of methoxy groups -OCH3 is 1. The smallest absolute Gasteiger partial charge is 0.324 e. The number of fused-ring (bicyclic) bond motifs is 2. The number of anilines is 4. The molecule has 2 aliphatic heterocycles. The highest BCUT2D eigenvalue weighted by molar-refractivity contribution is 7.81. The van der Waals surface area contributed by atoms with Crippen molar-refractivity contribution in [3.63, 3.8) is 0 Å². The summed E-state index contributed by atoms with van der Waals surface area (Å²) in [6.45, 7) is 5.75. The van der Waals surface area contributed by atoms with Crippen molar-refractivity contribution in [2.45, 2.75) is 51.1 Å². The highest BCUT2D eigenvalue weighted by Gasteiger charge is 2.58. The van der Waals surface area contributed by atoms with Crippen LogP contribution in [0.25, 0.3) is 11.2 Å². The zero-order valence-electron chi connectivity index (χ0n) is 25.2. The zero-order chi connectivity index (χ0) is 32.6. The number of amides is 3. The summed E-state index contributed by atoms with van der Waals surface area (Å²) >= 11 is -2.73. The lowest BCUT2D eigenvalue weighted by atomic mass is 10.1. The van der Waals surface area contributed by atoms with Gasteiger partial charge < -0.3 is 34.1 Å². The van der Waals surface area contributed by atoms with Gasteiger partial charge in [0.2, 0.25) is 0 Å². The van der Waals surface area contributed by atoms with E-state index in [0.717, 1.165) is 4.31 Å². The van der Waals surface area contributed by atoms with E-state index >= 15 is 0 Å². The molecule has 2 aromatic carbocycles. The Morgan fingerprint density at radius 1 is 1.07 bits per heavy atom. The third-order valence-corrected chi connectivity index (χ3v) is 8.04. The van der Waals surface area contributed by atoms with Gasteiger partial charge in [0, 0.05) is 6.54 Å². The lowest BCUT2D eigenvalue weighted by Gasteiger charge is -2.28. The minimum atomic E-state index is -2.73. The summed E-state index contributed by atoms with van der Waals surface area (Å²) in [5, 5.41) is 8.12. The highest BCUT2D eigenvalue weighted by Crippen LogP contribution is 2.44. The molecule has 46 heavy (non-hydrogen) atoms. The van der Waals surface area contributed by atoms with Crippen molar-refractivity contribution in [3.8, 4) is 5.75 Å². The molecule has 0 bridgehead atoms. The van der Waals surface area contributed by atoms with Gasteiger partial charge in [-0.15, -0.1) is 0 Å². The standard InChI is InChI=1S/C29H32N8O8S/c1-5-30-26(38)22-21-23(45-29(2,3)44-21)27(43-22)36-15-33-20-24(31-14-32-25(20)36)35-28(39)34-18-8-6-7-9-19(18)37(46(40)41)16-10-12-17(42-4)13-11-16/h6-15,21-23,27H,5H2,1-4H3,(H,30,38)(H,40,41)(H2,31,32,34,35,39)/p-1/t21-,22+,23-,27-/m1/s1. The summed E-state index contributed by atoms with van der Waals surface area (Å²) in [4.78, 5) is 39.0. The average molecular weight is 652 g/mol. The van der Waals surface area contributed by atoms with Crippen molar-refractivity contribution in [2.24, 2.45) is 0 Å². The topological polar surface area (TPSA) is 194 Å². The van der Waals surface area contributed by atoms with E-state index in [0.29, 0.717) is 23.6 Å². The number of urea groups is 1. The van der Waals surface area contributed by atoms with Gasteiger partial charge in [0.15, 0.2) is 35.1 Å². The molecule has 0 saturated carbocycles. The summed E-state index contributed by atoms with van der Waals surface area (Å²) in [5.41, 5.74) is 1.29. The van der Waals surface area contributed by atoms with E-state index in [2.05, 4.69) is 30.9 Å². The number of aromatic nitrogens is 4. The summed E-state index contributed by atoms with van der Waals surface area (Å²) in [7, 11) is 1.51. The second-order valence-electron chi connectivity index (χ2n) is 10.8. The number of carbonyl (C=O) groups excluding carboxylic acids is 2. The average Bonchev–Trinajstić information content (AvgIpc) is 3.69. The molecule has 17 heteroatoms. The van der Waals surface area contributed by atoms with Crippen LogP contribution in [0.2, 0.25) is 0 Å². The molecule has 2 fully saturated rings. The summed E-state index contributed by atoms with van der Waals surface area (Å²) in [6.07, 6.45) is -0.351. The van der Waals surface area contributed by atoms with Crippen LogP contribution < -0.4 is 25.0 Å². The predicted octanol–water partition coefficient (Wildman–Crippen LogP) is 2.96. The molecule has 3 N–H and O–H groups in total. The van der Waals surface area contributed by atoms with Crippen LogP contribution in [0.4, 0.5) is 27.7 Å². The minimum Gasteiger partial charge on any atom is -0.755 e. The van der Waals surface area contributed by atoms with Crippen LogP contribution in [-0.4, -0.2) is 78.0 Å². The van der Waals surface area contributed by atoms with Crippen molar-refractivity contribution in [1.82, 2.24) is 24.8 Å². The van der Waals surface area contributed by atoms with Crippen molar-refractivity contribution in [1.29, 1.82) is 0 Å². The second kappa shape index (κ2) is 12.6. The number of hydrogen-bond acceptors (Lipinski definition) is 11. The fraction of sp³-hybridized carbons (Fsp3) is 0.345. The molecule has 2 aliphatic rings. The third kappa shape index (κ3) is 5.97. The molecule has 0 spiro atoms. The Bertz CT molecular complexity index is 1780. The van der Waals surface area contributed by atoms with E-state index in [1.807, 2.05) is 6.92 Å². The van der Waals surface area contributed by atoms with Gasteiger partial charge in [-0.3, -0.25) is 23.2 Å². The Kier molecular flexibility index (Phi) is 8.58. The van der Waals surface area contributed by atoms with E-state index in [1.54, 1.807) is 66.9 Å². The van der Waals surface area contributed by atoms with Crippen molar-refractivity contribution < 1.29 is 37.3 Å². The van der Waals surface area contributed by atoms with Gasteiger partial charge in [0.1, 0.15) is 24.3 Å². The molecule has 4 heterocycles. The molecular formula is C29H31N8O8S-. The largest absolute Gasteiger partial charge is 0.755 e. The SMILES string of the molecule is CCNC(=O)[C@H]1O[C@@H](n2cnc3c(NC(=O)Nc4ccccc4N(c4ccc(OC)cc4)S(=O)[O-])ncnc32)[C@@H]2OC(C)(C)O[C@@H]21. The number of carbonyl (C=O) groups is 2. The Morgan fingerprint density at radius 3 is 2.52 bits per heavy atom. The summed E-state index contributed by atoms with van der Waals surface area (Å²) in [5.74, 6) is -0.641. The van der Waals surface area contributed by atoms with E-state index in [9.17, 15) is 18.4 Å². The number of imidazole rings is 1. The Hall–Kier alpha value is -4.68. The van der Waals surface area contributed by atoms with Gasteiger partial charge in [0.25, 0.3) is 5.91 Å². The molecule has 242 valence electrons. The lowest BCUT2D eigenvalue weighted by Crippen LogP contribution is -2.42. The van der Waals surface area contributed by atoms with Gasteiger partial charge in [-0.25, -0.2) is 19.7 Å². The number of para-hydroxylation sites is 2. The summed E-state index contributed by atoms with van der Waals surface area (Å²) < 4.78 is 50.7. The van der Waals surface area contributed by atoms with Crippen LogP contribution in [0.5, 0.6) is 5.75 Å². The number of rotatable bonds is 9. The van der Waals surface area contributed by atoms with E-state index in [4.69, 9.17) is 18.9 Å². The minimum absolute atomic E-state index is 0.0805. The first-order chi connectivity index (χ1) is 22.1. The molecule has 1 unspecified atom stereocenters. The molecule has 16 nitrogen and oxygen atoms in total. The van der Waals surface area contributed by atoms with Gasteiger partial charge in [0.05, 0.1) is 41.8 Å². The second-order valence-corrected chi connectivity index (χ2v) is 11.6. The molecular weight excluding hydrogens is 620 g/mol. The molecule has 0 radical (unpaired) electrons. The number of nitrogens with one attached hydrogen (secondary N) is 3. The fourth-order valence-electron chi connectivity index (χ4n) is 5.46. The quantitative estimate of drug-likeness (QED) is 0.225. The number of benzene rings is 2. The van der Waals surface area contributed by atoms with Gasteiger partial charge >= 0.3 is 6.03 Å². The number of nitrogens with zero attached hydrogens (tertiary/aromatic N) is 5. The number of ether oxygens (including phenoxy) is 4. The lowest BCUT2D eigenvalue weighted by molar-refractivity contribution is -0.197. The van der Waals surface area contributed by atoms with Crippen LogP contribution in [0.15, 0.2) is 61.2 Å². The molecule has 2 aromatic heterocycles. The maximum atomic E-state index is 13.2. The first kappa shape index (κ1) is 31.3. The number of hydrogen-bond donors (Lipinski definition) is 3. The maximum Gasteiger partial charge on any atom is 0.324 e. The van der Waals surface area contributed by atoms with E-state index in [-0.39, 0.29) is 28.6 Å². The highest BCUT2D eigenvalue weighted by atomic mass is 32.2. The molecule has 6 rings (SSSR count). The van der Waals surface area contributed by atoms with Gasteiger partial charge in [-0.1, -0.05) is 12.1 Å². The molecule has 4 aromatic rings. The van der Waals surface area contributed by atoms with Crippen LogP contribution in [0, 0.1) is 0 Å². The predicted molar refractivity (Wildman–Crippen MR) is 165 cm³/mol. The van der Waals surface area contributed by atoms with Crippen LogP contribution in [0.1, 0.15) is 27.0 Å². The van der Waals surface area contributed by atoms with Gasteiger partial charge in [-0.05, 0) is 57.2 Å². The fourth-order valence-corrected chi connectivity index (χ4v) is 6.07. The zero-order valence-corrected chi connectivity index (χ0v) is 26.0. The Balaban J connectivity index is 1.25. The first-order valence-corrected chi connectivity index (χ1v) is 15.3. The van der Waals surface area contributed by atoms with Crippen LogP contribution in [0.3, 0.4) is 0 Å². The molecule has 3 amide bonds. The normalized spacial score (nSPS) is 22.2.